The van der Waals surface area contributed by atoms with Crippen LogP contribution in [0.5, 0.6) is 0 Å². The van der Waals surface area contributed by atoms with Gasteiger partial charge in [0.15, 0.2) is 5.82 Å². The minimum Gasteiger partial charge on any atom is -0.289 e. The first kappa shape index (κ1) is 17.9. The molecule has 0 aliphatic heterocycles. The summed E-state index contributed by atoms with van der Waals surface area (Å²) in [6.07, 6.45) is 0. The third-order valence-corrected chi connectivity index (χ3v) is 4.02. The first-order valence-electron chi connectivity index (χ1n) is 7.76. The number of rotatable bonds is 4. The fourth-order valence-corrected chi connectivity index (χ4v) is 2.58. The van der Waals surface area contributed by atoms with Crippen LogP contribution in [0.2, 0.25) is 0 Å². The molecular formula is C16H14N6O5. The molecule has 1 aromatic carbocycles. The molecule has 138 valence electrons. The van der Waals surface area contributed by atoms with E-state index in [1.165, 1.54) is 6.07 Å². The second kappa shape index (κ2) is 6.44. The SMILES string of the molecule is Cc1nc(C)c(-n2[nH]c(-c3cc([N+](=O)[O-])cc([N+](=O)[O-])c3)cc2=O)nc1C. The van der Waals surface area contributed by atoms with E-state index in [9.17, 15) is 25.0 Å². The van der Waals surface area contributed by atoms with Gasteiger partial charge < -0.3 is 0 Å². The van der Waals surface area contributed by atoms with Crippen molar-refractivity contribution in [2.75, 3.05) is 0 Å². The summed E-state index contributed by atoms with van der Waals surface area (Å²) in [6.45, 7) is 5.24. The number of benzene rings is 1. The lowest BCUT2D eigenvalue weighted by Crippen LogP contribution is -2.18. The van der Waals surface area contributed by atoms with E-state index >= 15 is 0 Å². The second-order valence-corrected chi connectivity index (χ2v) is 5.90. The molecule has 0 saturated carbocycles. The molecule has 2 heterocycles. The lowest BCUT2D eigenvalue weighted by atomic mass is 10.1. The van der Waals surface area contributed by atoms with Crippen molar-refractivity contribution in [3.63, 3.8) is 0 Å². The average molecular weight is 370 g/mol. The minimum absolute atomic E-state index is 0.140. The van der Waals surface area contributed by atoms with E-state index in [0.717, 1.165) is 28.6 Å². The van der Waals surface area contributed by atoms with Crippen LogP contribution in [0.1, 0.15) is 17.1 Å². The molecule has 0 unspecified atom stereocenters. The number of nitrogens with zero attached hydrogens (tertiary/aromatic N) is 5. The summed E-state index contributed by atoms with van der Waals surface area (Å²) < 4.78 is 1.15. The molecule has 3 rings (SSSR count). The van der Waals surface area contributed by atoms with Crippen molar-refractivity contribution >= 4 is 11.4 Å². The molecule has 0 spiro atoms. The molecule has 0 atom stereocenters. The van der Waals surface area contributed by atoms with Gasteiger partial charge in [-0.15, -0.1) is 0 Å². The van der Waals surface area contributed by atoms with Gasteiger partial charge in [0.1, 0.15) is 0 Å². The maximum absolute atomic E-state index is 12.4. The molecule has 27 heavy (non-hydrogen) atoms. The third-order valence-electron chi connectivity index (χ3n) is 4.02. The van der Waals surface area contributed by atoms with Gasteiger partial charge in [0.2, 0.25) is 0 Å². The number of hydrogen-bond donors (Lipinski definition) is 1. The van der Waals surface area contributed by atoms with E-state index in [1.54, 1.807) is 20.8 Å². The topological polar surface area (TPSA) is 150 Å². The van der Waals surface area contributed by atoms with Gasteiger partial charge in [0.25, 0.3) is 16.9 Å². The molecule has 1 N–H and O–H groups in total. The molecule has 0 fully saturated rings. The molecule has 2 aromatic heterocycles. The highest BCUT2D eigenvalue weighted by Crippen LogP contribution is 2.28. The molecule has 3 aromatic rings. The number of aromatic amines is 1. The van der Waals surface area contributed by atoms with Gasteiger partial charge in [-0.3, -0.25) is 35.1 Å². The zero-order chi connectivity index (χ0) is 19.9. The fraction of sp³-hybridized carbons (Fsp3) is 0.188. The minimum atomic E-state index is -0.732. The van der Waals surface area contributed by atoms with Crippen LogP contribution < -0.4 is 5.56 Å². The maximum atomic E-state index is 12.4. The molecule has 0 aliphatic carbocycles. The summed E-state index contributed by atoms with van der Waals surface area (Å²) in [7, 11) is 0. The van der Waals surface area contributed by atoms with Crippen LogP contribution in [-0.4, -0.2) is 29.6 Å². The lowest BCUT2D eigenvalue weighted by Gasteiger charge is -2.08. The standard InChI is InChI=1S/C16H14N6O5/c1-8-9(2)18-16(10(3)17-8)20-15(23)7-14(19-20)11-4-12(21(24)25)6-13(5-11)22(26)27/h4-7,19H,1-3H3. The Balaban J connectivity index is 2.18. The van der Waals surface area contributed by atoms with Crippen LogP contribution in [0.4, 0.5) is 11.4 Å². The Morgan fingerprint density at radius 1 is 0.889 bits per heavy atom. The summed E-state index contributed by atoms with van der Waals surface area (Å²) in [5.74, 6) is 0.286. The number of aryl methyl sites for hydroxylation is 3. The van der Waals surface area contributed by atoms with E-state index < -0.39 is 26.8 Å². The predicted octanol–water partition coefficient (Wildman–Crippen LogP) is 2.36. The molecule has 0 radical (unpaired) electrons. The quantitative estimate of drug-likeness (QED) is 0.547. The van der Waals surface area contributed by atoms with E-state index in [-0.39, 0.29) is 17.1 Å². The van der Waals surface area contributed by atoms with Gasteiger partial charge >= 0.3 is 0 Å². The predicted molar refractivity (Wildman–Crippen MR) is 94.9 cm³/mol. The van der Waals surface area contributed by atoms with Crippen molar-refractivity contribution in [2.24, 2.45) is 0 Å². The van der Waals surface area contributed by atoms with Gasteiger partial charge in [-0.1, -0.05) is 0 Å². The van der Waals surface area contributed by atoms with Crippen molar-refractivity contribution in [3.8, 4) is 17.1 Å². The number of nitro benzene ring substituents is 2. The van der Waals surface area contributed by atoms with Gasteiger partial charge in [-0.05, 0) is 20.8 Å². The zero-order valence-corrected chi connectivity index (χ0v) is 14.6. The molecular weight excluding hydrogens is 356 g/mol. The Bertz CT molecular complexity index is 1110. The largest absolute Gasteiger partial charge is 0.289 e. The van der Waals surface area contributed by atoms with Crippen LogP contribution in [-0.2, 0) is 0 Å². The van der Waals surface area contributed by atoms with Crippen molar-refractivity contribution in [2.45, 2.75) is 20.8 Å². The Morgan fingerprint density at radius 3 is 2.00 bits per heavy atom. The number of hydrogen-bond acceptors (Lipinski definition) is 7. The van der Waals surface area contributed by atoms with Crippen LogP contribution in [0.25, 0.3) is 17.1 Å². The highest BCUT2D eigenvalue weighted by molar-refractivity contribution is 5.66. The second-order valence-electron chi connectivity index (χ2n) is 5.90. The van der Waals surface area contributed by atoms with Crippen LogP contribution in [0.15, 0.2) is 29.1 Å². The Morgan fingerprint density at radius 2 is 1.44 bits per heavy atom. The molecule has 0 aliphatic rings. The number of aromatic nitrogens is 4. The van der Waals surface area contributed by atoms with Crippen molar-refractivity contribution < 1.29 is 9.85 Å². The Hall–Kier alpha value is -3.89. The highest BCUT2D eigenvalue weighted by atomic mass is 16.6. The lowest BCUT2D eigenvalue weighted by molar-refractivity contribution is -0.394. The first-order chi connectivity index (χ1) is 12.7. The van der Waals surface area contributed by atoms with Crippen molar-refractivity contribution in [1.82, 2.24) is 19.7 Å². The summed E-state index contributed by atoms with van der Waals surface area (Å²) in [5, 5.41) is 24.9. The van der Waals surface area contributed by atoms with E-state index in [1.807, 2.05) is 0 Å². The van der Waals surface area contributed by atoms with Crippen molar-refractivity contribution in [1.29, 1.82) is 0 Å². The van der Waals surface area contributed by atoms with Gasteiger partial charge in [0.05, 0.1) is 38.7 Å². The molecule has 11 heteroatoms. The zero-order valence-electron chi connectivity index (χ0n) is 14.6. The number of nitrogens with one attached hydrogen (secondary N) is 1. The summed E-state index contributed by atoms with van der Waals surface area (Å²) in [6, 6.07) is 4.36. The first-order valence-corrected chi connectivity index (χ1v) is 7.76. The highest BCUT2D eigenvalue weighted by Gasteiger charge is 2.19. The van der Waals surface area contributed by atoms with Crippen LogP contribution >= 0.6 is 0 Å². The number of H-pyrrole nitrogens is 1. The summed E-state index contributed by atoms with van der Waals surface area (Å²) in [5.41, 5.74) is 0.839. The third kappa shape index (κ3) is 3.29. The van der Waals surface area contributed by atoms with Crippen LogP contribution in [0.3, 0.4) is 0 Å². The summed E-state index contributed by atoms with van der Waals surface area (Å²) >= 11 is 0. The molecule has 11 nitrogen and oxygen atoms in total. The van der Waals surface area contributed by atoms with E-state index in [2.05, 4.69) is 15.1 Å². The Kier molecular flexibility index (Phi) is 4.27. The number of nitro groups is 2. The van der Waals surface area contributed by atoms with Gasteiger partial charge in [-0.25, -0.2) is 4.98 Å². The van der Waals surface area contributed by atoms with Crippen LogP contribution in [0, 0.1) is 41.0 Å². The monoisotopic (exact) mass is 370 g/mol. The molecule has 0 bridgehead atoms. The fourth-order valence-electron chi connectivity index (χ4n) is 2.58. The maximum Gasteiger partial charge on any atom is 0.276 e. The number of non-ortho nitro benzene ring substituents is 2. The Labute approximate surface area is 151 Å². The molecule has 0 amide bonds. The van der Waals surface area contributed by atoms with E-state index in [0.29, 0.717) is 11.4 Å². The van der Waals surface area contributed by atoms with Crippen molar-refractivity contribution in [3.05, 3.63) is 71.9 Å². The normalized spacial score (nSPS) is 10.8. The smallest absolute Gasteiger partial charge is 0.276 e. The average Bonchev–Trinajstić information content (AvgIpc) is 2.99. The van der Waals surface area contributed by atoms with Gasteiger partial charge in [-0.2, -0.15) is 4.68 Å². The molecule has 0 saturated heterocycles. The summed E-state index contributed by atoms with van der Waals surface area (Å²) in [4.78, 5) is 41.7. The van der Waals surface area contributed by atoms with Gasteiger partial charge in [0, 0.05) is 23.8 Å². The van der Waals surface area contributed by atoms with E-state index in [4.69, 9.17) is 0 Å².